The number of esters is 1. The van der Waals surface area contributed by atoms with Crippen molar-refractivity contribution in [2.24, 2.45) is 0 Å². The third-order valence-corrected chi connectivity index (χ3v) is 3.40. The standard InChI is InChI=1S/C16H14FN3O2/c1-22-15(21)7-9-2-5-13-14(6-9)20-16(19-13)10-3-4-12(18)11(17)8-10/h2-6,8H,7,18H2,1H3,(H,19,20). The largest absolute Gasteiger partial charge is 0.469 e. The van der Waals surface area contributed by atoms with Crippen molar-refractivity contribution in [3.8, 4) is 11.4 Å². The van der Waals surface area contributed by atoms with Gasteiger partial charge in [-0.05, 0) is 35.9 Å². The smallest absolute Gasteiger partial charge is 0.309 e. The molecule has 0 aliphatic rings. The van der Waals surface area contributed by atoms with Gasteiger partial charge in [-0.25, -0.2) is 9.37 Å². The van der Waals surface area contributed by atoms with E-state index in [0.717, 1.165) is 16.6 Å². The lowest BCUT2D eigenvalue weighted by molar-refractivity contribution is -0.139. The molecule has 0 saturated heterocycles. The molecule has 0 amide bonds. The van der Waals surface area contributed by atoms with Gasteiger partial charge < -0.3 is 15.5 Å². The number of fused-ring (bicyclic) bond motifs is 1. The first-order chi connectivity index (χ1) is 10.6. The van der Waals surface area contributed by atoms with E-state index in [1.165, 1.54) is 19.2 Å². The van der Waals surface area contributed by atoms with Crippen LogP contribution in [0.25, 0.3) is 22.4 Å². The highest BCUT2D eigenvalue weighted by Crippen LogP contribution is 2.24. The molecule has 0 unspecified atom stereocenters. The molecule has 22 heavy (non-hydrogen) atoms. The molecule has 0 aliphatic heterocycles. The highest BCUT2D eigenvalue weighted by molar-refractivity contribution is 5.82. The van der Waals surface area contributed by atoms with Crippen molar-refractivity contribution in [2.75, 3.05) is 12.8 Å². The summed E-state index contributed by atoms with van der Waals surface area (Å²) < 4.78 is 18.2. The number of aromatic nitrogens is 2. The molecule has 0 saturated carbocycles. The number of anilines is 1. The topological polar surface area (TPSA) is 81.0 Å². The fourth-order valence-corrected chi connectivity index (χ4v) is 2.22. The average molecular weight is 299 g/mol. The lowest BCUT2D eigenvalue weighted by atomic mass is 10.1. The number of imidazole rings is 1. The first-order valence-electron chi connectivity index (χ1n) is 6.67. The Balaban J connectivity index is 1.98. The molecule has 0 atom stereocenters. The van der Waals surface area contributed by atoms with Crippen LogP contribution in [-0.2, 0) is 16.0 Å². The number of hydrogen-bond donors (Lipinski definition) is 2. The van der Waals surface area contributed by atoms with Crippen LogP contribution in [0, 0.1) is 5.82 Å². The Morgan fingerprint density at radius 1 is 1.32 bits per heavy atom. The van der Waals surface area contributed by atoms with Gasteiger partial charge in [-0.1, -0.05) is 6.07 Å². The van der Waals surface area contributed by atoms with Gasteiger partial charge in [0, 0.05) is 5.56 Å². The zero-order valence-electron chi connectivity index (χ0n) is 11.9. The number of ether oxygens (including phenoxy) is 1. The summed E-state index contributed by atoms with van der Waals surface area (Å²) in [6.07, 6.45) is 0.192. The molecular weight excluding hydrogens is 285 g/mol. The van der Waals surface area contributed by atoms with E-state index >= 15 is 0 Å². The second kappa shape index (κ2) is 5.48. The van der Waals surface area contributed by atoms with Crippen LogP contribution in [0.1, 0.15) is 5.56 Å². The molecule has 3 N–H and O–H groups in total. The number of rotatable bonds is 3. The second-order valence-corrected chi connectivity index (χ2v) is 4.93. The molecule has 2 aromatic carbocycles. The minimum Gasteiger partial charge on any atom is -0.469 e. The summed E-state index contributed by atoms with van der Waals surface area (Å²) in [6.45, 7) is 0. The van der Waals surface area contributed by atoms with E-state index in [1.807, 2.05) is 12.1 Å². The SMILES string of the molecule is COC(=O)Cc1ccc2nc(-c3ccc(N)c(F)c3)[nH]c2c1. The predicted octanol–water partition coefficient (Wildman–Crippen LogP) is 2.67. The monoisotopic (exact) mass is 299 g/mol. The average Bonchev–Trinajstić information content (AvgIpc) is 2.93. The van der Waals surface area contributed by atoms with E-state index in [1.54, 1.807) is 12.1 Å². The lowest BCUT2D eigenvalue weighted by Crippen LogP contribution is -2.04. The predicted molar refractivity (Wildman–Crippen MR) is 81.6 cm³/mol. The summed E-state index contributed by atoms with van der Waals surface area (Å²) in [4.78, 5) is 18.8. The maximum Gasteiger partial charge on any atom is 0.309 e. The number of carbonyl (C=O) groups excluding carboxylic acids is 1. The number of nitrogens with one attached hydrogen (secondary N) is 1. The Labute approximate surface area is 125 Å². The Morgan fingerprint density at radius 3 is 2.86 bits per heavy atom. The zero-order chi connectivity index (χ0) is 15.7. The summed E-state index contributed by atoms with van der Waals surface area (Å²) in [5, 5.41) is 0. The lowest BCUT2D eigenvalue weighted by Gasteiger charge is -1.99. The van der Waals surface area contributed by atoms with Crippen LogP contribution in [0.2, 0.25) is 0 Å². The van der Waals surface area contributed by atoms with Crippen molar-refractivity contribution in [2.45, 2.75) is 6.42 Å². The number of hydrogen-bond acceptors (Lipinski definition) is 4. The molecule has 1 heterocycles. The minimum atomic E-state index is -0.482. The Bertz CT molecular complexity index is 858. The second-order valence-electron chi connectivity index (χ2n) is 4.93. The number of carbonyl (C=O) groups is 1. The summed E-state index contributed by atoms with van der Waals surface area (Å²) in [5.74, 6) is -0.242. The number of halogens is 1. The van der Waals surface area contributed by atoms with Crippen LogP contribution in [-0.4, -0.2) is 23.0 Å². The van der Waals surface area contributed by atoms with E-state index in [4.69, 9.17) is 5.73 Å². The van der Waals surface area contributed by atoms with Crippen LogP contribution in [0.3, 0.4) is 0 Å². The van der Waals surface area contributed by atoms with Gasteiger partial charge in [-0.15, -0.1) is 0 Å². The normalized spacial score (nSPS) is 10.8. The Morgan fingerprint density at radius 2 is 2.14 bits per heavy atom. The van der Waals surface area contributed by atoms with Crippen LogP contribution < -0.4 is 5.73 Å². The van der Waals surface area contributed by atoms with E-state index in [9.17, 15) is 9.18 Å². The molecule has 0 fully saturated rings. The van der Waals surface area contributed by atoms with Gasteiger partial charge >= 0.3 is 5.97 Å². The van der Waals surface area contributed by atoms with Gasteiger partial charge in [-0.2, -0.15) is 0 Å². The summed E-state index contributed by atoms with van der Waals surface area (Å²) in [5.41, 5.74) is 8.50. The van der Waals surface area contributed by atoms with Crippen LogP contribution in [0.5, 0.6) is 0 Å². The van der Waals surface area contributed by atoms with Gasteiger partial charge in [0.2, 0.25) is 0 Å². The number of nitrogens with zero attached hydrogens (tertiary/aromatic N) is 1. The third-order valence-electron chi connectivity index (χ3n) is 3.40. The van der Waals surface area contributed by atoms with Crippen molar-refractivity contribution < 1.29 is 13.9 Å². The van der Waals surface area contributed by atoms with E-state index in [2.05, 4.69) is 14.7 Å². The number of methoxy groups -OCH3 is 1. The summed E-state index contributed by atoms with van der Waals surface area (Å²) in [7, 11) is 1.35. The molecule has 5 nitrogen and oxygen atoms in total. The first kappa shape index (κ1) is 14.1. The number of nitrogen functional groups attached to an aromatic ring is 1. The van der Waals surface area contributed by atoms with Gasteiger partial charge in [0.25, 0.3) is 0 Å². The molecule has 0 bridgehead atoms. The van der Waals surface area contributed by atoms with Crippen molar-refractivity contribution in [1.82, 2.24) is 9.97 Å². The molecule has 6 heteroatoms. The van der Waals surface area contributed by atoms with Gasteiger partial charge in [0.15, 0.2) is 0 Å². The highest BCUT2D eigenvalue weighted by atomic mass is 19.1. The summed E-state index contributed by atoms with van der Waals surface area (Å²) >= 11 is 0. The van der Waals surface area contributed by atoms with Crippen molar-refractivity contribution >= 4 is 22.7 Å². The Kier molecular flexibility index (Phi) is 3.50. The minimum absolute atomic E-state index is 0.0974. The number of nitrogens with two attached hydrogens (primary N) is 1. The number of aromatic amines is 1. The van der Waals surface area contributed by atoms with Gasteiger partial charge in [0.05, 0.1) is 30.3 Å². The zero-order valence-corrected chi connectivity index (χ0v) is 11.9. The third kappa shape index (κ3) is 2.63. The van der Waals surface area contributed by atoms with Crippen LogP contribution in [0.15, 0.2) is 36.4 Å². The van der Waals surface area contributed by atoms with E-state index in [0.29, 0.717) is 11.4 Å². The first-order valence-corrected chi connectivity index (χ1v) is 6.67. The molecular formula is C16H14FN3O2. The maximum atomic E-state index is 13.5. The van der Waals surface area contributed by atoms with Crippen molar-refractivity contribution in [1.29, 1.82) is 0 Å². The van der Waals surface area contributed by atoms with Gasteiger partial charge in [0.1, 0.15) is 11.6 Å². The Hall–Kier alpha value is -2.89. The molecule has 3 aromatic rings. The van der Waals surface area contributed by atoms with E-state index in [-0.39, 0.29) is 18.1 Å². The van der Waals surface area contributed by atoms with Crippen molar-refractivity contribution in [3.63, 3.8) is 0 Å². The number of benzene rings is 2. The maximum absolute atomic E-state index is 13.5. The molecule has 0 radical (unpaired) electrons. The van der Waals surface area contributed by atoms with E-state index < -0.39 is 5.82 Å². The molecule has 1 aromatic heterocycles. The molecule has 0 spiro atoms. The van der Waals surface area contributed by atoms with Crippen molar-refractivity contribution in [3.05, 3.63) is 47.8 Å². The molecule has 3 rings (SSSR count). The van der Waals surface area contributed by atoms with Crippen LogP contribution >= 0.6 is 0 Å². The molecule has 112 valence electrons. The fraction of sp³-hybridized carbons (Fsp3) is 0.125. The number of H-pyrrole nitrogens is 1. The highest BCUT2D eigenvalue weighted by Gasteiger charge is 2.09. The quantitative estimate of drug-likeness (QED) is 0.575. The molecule has 0 aliphatic carbocycles. The summed E-state index contributed by atoms with van der Waals surface area (Å²) in [6, 6.07) is 9.99. The fourth-order valence-electron chi connectivity index (χ4n) is 2.22. The van der Waals surface area contributed by atoms with Gasteiger partial charge in [-0.3, -0.25) is 4.79 Å². The van der Waals surface area contributed by atoms with Crippen LogP contribution in [0.4, 0.5) is 10.1 Å².